The van der Waals surface area contributed by atoms with Crippen molar-refractivity contribution in [1.82, 2.24) is 4.75 Å². The quantitative estimate of drug-likeness (QED) is 0.721. The molecular formula is C7H10NO3P. The summed E-state index contributed by atoms with van der Waals surface area (Å²) >= 11 is 0. The monoisotopic (exact) mass is 187 g/mol. The maximum Gasteiger partial charge on any atom is 0.264 e. The standard InChI is InChI=1S/C7H10NO3P/c1-9-5-4-12-8-7(11-3)6(5)10-2/h4H,1-3H3. The molecule has 1 aromatic heterocycles. The number of hydrogen-bond donors (Lipinski definition) is 0. The normalized spacial score (nSPS) is 9.92. The van der Waals surface area contributed by atoms with Crippen molar-refractivity contribution >= 4 is 8.35 Å². The molecule has 0 atom stereocenters. The third kappa shape index (κ3) is 1.59. The maximum absolute atomic E-state index is 5.06. The van der Waals surface area contributed by atoms with Gasteiger partial charge in [0.15, 0.2) is 5.75 Å². The van der Waals surface area contributed by atoms with Crippen molar-refractivity contribution < 1.29 is 14.2 Å². The van der Waals surface area contributed by atoms with Gasteiger partial charge in [0.1, 0.15) is 0 Å². The fourth-order valence-electron chi connectivity index (χ4n) is 0.810. The van der Waals surface area contributed by atoms with E-state index in [4.69, 9.17) is 14.2 Å². The van der Waals surface area contributed by atoms with E-state index in [9.17, 15) is 0 Å². The number of nitrogens with zero attached hydrogens (tertiary/aromatic N) is 1. The highest BCUT2D eigenvalue weighted by Crippen LogP contribution is 2.36. The van der Waals surface area contributed by atoms with Gasteiger partial charge in [-0.25, -0.2) is 0 Å². The van der Waals surface area contributed by atoms with Crippen molar-refractivity contribution in [2.24, 2.45) is 0 Å². The van der Waals surface area contributed by atoms with Crippen LogP contribution in [0, 0.1) is 0 Å². The molecule has 0 aromatic carbocycles. The third-order valence-electron chi connectivity index (χ3n) is 1.36. The Morgan fingerprint density at radius 3 is 2.42 bits per heavy atom. The Balaban J connectivity index is 3.13. The van der Waals surface area contributed by atoms with Crippen LogP contribution in [-0.4, -0.2) is 26.1 Å². The van der Waals surface area contributed by atoms with Gasteiger partial charge in [-0.1, -0.05) is 0 Å². The van der Waals surface area contributed by atoms with Crippen LogP contribution in [0.3, 0.4) is 0 Å². The zero-order chi connectivity index (χ0) is 8.97. The van der Waals surface area contributed by atoms with Crippen LogP contribution in [0.2, 0.25) is 0 Å². The minimum atomic E-state index is 0.471. The molecule has 1 rings (SSSR count). The predicted molar refractivity (Wildman–Crippen MR) is 46.4 cm³/mol. The largest absolute Gasteiger partial charge is 0.492 e. The van der Waals surface area contributed by atoms with Crippen molar-refractivity contribution in [3.8, 4) is 17.4 Å². The number of methoxy groups -OCH3 is 3. The van der Waals surface area contributed by atoms with Crippen LogP contribution in [0.25, 0.3) is 0 Å². The van der Waals surface area contributed by atoms with Crippen molar-refractivity contribution in [3.63, 3.8) is 0 Å². The van der Waals surface area contributed by atoms with Gasteiger partial charge in [0.2, 0.25) is 5.75 Å². The minimum Gasteiger partial charge on any atom is -0.492 e. The molecule has 0 radical (unpaired) electrons. The van der Waals surface area contributed by atoms with Gasteiger partial charge in [0, 0.05) is 14.1 Å². The Morgan fingerprint density at radius 2 is 1.92 bits per heavy atom. The van der Waals surface area contributed by atoms with E-state index in [0.717, 1.165) is 8.35 Å². The SMILES string of the molecule is COc1cpnc(OC)c1OC. The number of ether oxygens (including phenoxy) is 3. The summed E-state index contributed by atoms with van der Waals surface area (Å²) in [4.78, 5) is 0. The van der Waals surface area contributed by atoms with Gasteiger partial charge in [-0.15, -0.1) is 0 Å². The van der Waals surface area contributed by atoms with Gasteiger partial charge in [-0.05, 0) is 0 Å². The molecule has 12 heavy (non-hydrogen) atoms. The molecule has 0 fully saturated rings. The second kappa shape index (κ2) is 4.12. The number of aromatic nitrogens is 1. The van der Waals surface area contributed by atoms with Crippen molar-refractivity contribution in [2.45, 2.75) is 0 Å². The average Bonchev–Trinajstić information content (AvgIpc) is 2.16. The van der Waals surface area contributed by atoms with Crippen molar-refractivity contribution in [1.29, 1.82) is 0 Å². The first-order valence-corrected chi connectivity index (χ1v) is 4.22. The van der Waals surface area contributed by atoms with Crippen LogP contribution in [0.15, 0.2) is 5.80 Å². The Bertz CT molecular complexity index is 245. The number of hydrogen-bond acceptors (Lipinski definition) is 4. The van der Waals surface area contributed by atoms with E-state index in [0.29, 0.717) is 17.4 Å². The van der Waals surface area contributed by atoms with Gasteiger partial charge in [0.25, 0.3) is 5.88 Å². The first-order valence-electron chi connectivity index (χ1n) is 3.31. The fraction of sp³-hybridized carbons (Fsp3) is 0.429. The summed E-state index contributed by atoms with van der Waals surface area (Å²) in [5.74, 6) is 3.48. The van der Waals surface area contributed by atoms with Gasteiger partial charge in [-0.3, -0.25) is 0 Å². The molecule has 4 nitrogen and oxygen atoms in total. The van der Waals surface area contributed by atoms with E-state index >= 15 is 0 Å². The Morgan fingerprint density at radius 1 is 1.17 bits per heavy atom. The lowest BCUT2D eigenvalue weighted by molar-refractivity contribution is 0.319. The Kier molecular flexibility index (Phi) is 3.11. The zero-order valence-electron chi connectivity index (χ0n) is 7.20. The molecule has 0 saturated carbocycles. The lowest BCUT2D eigenvalue weighted by Crippen LogP contribution is -1.94. The van der Waals surface area contributed by atoms with E-state index in [1.165, 1.54) is 0 Å². The molecule has 1 aromatic rings. The predicted octanol–water partition coefficient (Wildman–Crippen LogP) is 1.69. The zero-order valence-corrected chi connectivity index (χ0v) is 8.09. The summed E-state index contributed by atoms with van der Waals surface area (Å²) < 4.78 is 19.2. The smallest absolute Gasteiger partial charge is 0.264 e. The van der Waals surface area contributed by atoms with Crippen molar-refractivity contribution in [3.05, 3.63) is 5.80 Å². The summed E-state index contributed by atoms with van der Waals surface area (Å²) in [6, 6.07) is 0. The van der Waals surface area contributed by atoms with Gasteiger partial charge >= 0.3 is 0 Å². The molecule has 0 bridgehead atoms. The summed E-state index contributed by atoms with van der Waals surface area (Å²) in [5.41, 5.74) is 0. The molecule has 0 amide bonds. The molecule has 0 aliphatic heterocycles. The summed E-state index contributed by atoms with van der Waals surface area (Å²) in [7, 11) is 5.48. The second-order valence-electron chi connectivity index (χ2n) is 1.96. The van der Waals surface area contributed by atoms with Gasteiger partial charge in [0.05, 0.1) is 21.3 Å². The molecule has 66 valence electrons. The highest BCUT2D eigenvalue weighted by molar-refractivity contribution is 7.24. The number of rotatable bonds is 3. The minimum absolute atomic E-state index is 0.471. The summed E-state index contributed by atoms with van der Waals surface area (Å²) in [6.45, 7) is 0. The molecule has 0 aliphatic rings. The third-order valence-corrected chi connectivity index (χ3v) is 2.01. The van der Waals surface area contributed by atoms with Crippen LogP contribution in [0.1, 0.15) is 0 Å². The van der Waals surface area contributed by atoms with Gasteiger partial charge < -0.3 is 14.2 Å². The fourth-order valence-corrected chi connectivity index (χ4v) is 1.47. The average molecular weight is 187 g/mol. The highest BCUT2D eigenvalue weighted by Gasteiger charge is 2.10. The van der Waals surface area contributed by atoms with E-state index in [1.54, 1.807) is 27.1 Å². The van der Waals surface area contributed by atoms with Crippen LogP contribution >= 0.6 is 8.35 Å². The topological polar surface area (TPSA) is 40.6 Å². The van der Waals surface area contributed by atoms with Crippen LogP contribution in [-0.2, 0) is 0 Å². The molecule has 0 N–H and O–H groups in total. The lowest BCUT2D eigenvalue weighted by atomic mass is 10.5. The lowest BCUT2D eigenvalue weighted by Gasteiger charge is -2.08. The molecule has 0 aliphatic carbocycles. The molecule has 0 saturated heterocycles. The van der Waals surface area contributed by atoms with E-state index in [1.807, 2.05) is 0 Å². The molecule has 5 heteroatoms. The Labute approximate surface area is 72.6 Å². The van der Waals surface area contributed by atoms with Crippen LogP contribution in [0.4, 0.5) is 0 Å². The van der Waals surface area contributed by atoms with Crippen LogP contribution < -0.4 is 14.2 Å². The van der Waals surface area contributed by atoms with E-state index in [-0.39, 0.29) is 0 Å². The van der Waals surface area contributed by atoms with Gasteiger partial charge in [-0.2, -0.15) is 4.75 Å². The highest BCUT2D eigenvalue weighted by atomic mass is 31.0. The van der Waals surface area contributed by atoms with Crippen molar-refractivity contribution in [2.75, 3.05) is 21.3 Å². The summed E-state index contributed by atoms with van der Waals surface area (Å²) in [6.07, 6.45) is 0. The van der Waals surface area contributed by atoms with E-state index < -0.39 is 0 Å². The molecular weight excluding hydrogens is 177 g/mol. The second-order valence-corrected chi connectivity index (χ2v) is 2.64. The molecule has 1 heterocycles. The molecule has 0 spiro atoms. The van der Waals surface area contributed by atoms with E-state index in [2.05, 4.69) is 4.75 Å². The van der Waals surface area contributed by atoms with Crippen LogP contribution in [0.5, 0.6) is 17.4 Å². The first-order chi connectivity index (χ1) is 5.83. The molecule has 0 unspecified atom stereocenters. The summed E-state index contributed by atoms with van der Waals surface area (Å²) in [5, 5.41) is 0. The maximum atomic E-state index is 5.06. The first kappa shape index (κ1) is 9.07. The Hall–Kier alpha value is -1.02.